The average molecular weight is 170 g/mol. The van der Waals surface area contributed by atoms with E-state index in [1.807, 2.05) is 0 Å². The molecule has 0 saturated heterocycles. The second-order valence-electron chi connectivity index (χ2n) is 2.89. The highest BCUT2D eigenvalue weighted by molar-refractivity contribution is 4.84. The monoisotopic (exact) mass is 170 g/mol. The van der Waals surface area contributed by atoms with Gasteiger partial charge in [-0.2, -0.15) is 13.2 Å². The van der Waals surface area contributed by atoms with Gasteiger partial charge in [-0.1, -0.05) is 13.8 Å². The van der Waals surface area contributed by atoms with Crippen molar-refractivity contribution in [1.29, 1.82) is 0 Å². The SMILES string of the molecule is CC(C)[C@H](N)[C@H](N)C(F)(F)F. The average Bonchev–Trinajstić information content (AvgIpc) is 1.82. The minimum absolute atomic E-state index is 0.258. The van der Waals surface area contributed by atoms with Crippen LogP contribution in [0.1, 0.15) is 13.8 Å². The summed E-state index contributed by atoms with van der Waals surface area (Å²) in [5, 5.41) is 0. The van der Waals surface area contributed by atoms with Gasteiger partial charge in [-0.25, -0.2) is 0 Å². The molecule has 2 atom stereocenters. The van der Waals surface area contributed by atoms with Crippen LogP contribution in [0.15, 0.2) is 0 Å². The summed E-state index contributed by atoms with van der Waals surface area (Å²) >= 11 is 0. The van der Waals surface area contributed by atoms with Gasteiger partial charge >= 0.3 is 6.18 Å². The predicted octanol–water partition coefficient (Wildman–Crippen LogP) is 0.859. The summed E-state index contributed by atoms with van der Waals surface area (Å²) in [6.07, 6.45) is -4.39. The molecule has 0 fully saturated rings. The molecule has 0 unspecified atom stereocenters. The number of hydrogen-bond acceptors (Lipinski definition) is 2. The summed E-state index contributed by atoms with van der Waals surface area (Å²) in [7, 11) is 0. The zero-order valence-electron chi connectivity index (χ0n) is 6.52. The van der Waals surface area contributed by atoms with Gasteiger partial charge in [-0.15, -0.1) is 0 Å². The fourth-order valence-electron chi connectivity index (χ4n) is 0.633. The molecular formula is C6H13F3N2. The molecule has 0 aromatic carbocycles. The Balaban J connectivity index is 4.13. The van der Waals surface area contributed by atoms with E-state index < -0.39 is 18.3 Å². The molecule has 0 saturated carbocycles. The summed E-state index contributed by atoms with van der Waals surface area (Å²) in [6, 6.07) is -2.93. The van der Waals surface area contributed by atoms with Gasteiger partial charge in [-0.05, 0) is 5.92 Å². The van der Waals surface area contributed by atoms with E-state index in [-0.39, 0.29) is 5.92 Å². The molecule has 0 aliphatic carbocycles. The van der Waals surface area contributed by atoms with E-state index in [0.717, 1.165) is 0 Å². The molecule has 0 radical (unpaired) electrons. The van der Waals surface area contributed by atoms with Crippen molar-refractivity contribution in [2.24, 2.45) is 17.4 Å². The number of hydrogen-bond donors (Lipinski definition) is 2. The van der Waals surface area contributed by atoms with E-state index in [0.29, 0.717) is 0 Å². The largest absolute Gasteiger partial charge is 0.405 e. The molecule has 5 heteroatoms. The molecule has 0 rings (SSSR count). The minimum Gasteiger partial charge on any atom is -0.326 e. The lowest BCUT2D eigenvalue weighted by Crippen LogP contribution is -2.53. The van der Waals surface area contributed by atoms with Crippen LogP contribution in [0.5, 0.6) is 0 Å². The van der Waals surface area contributed by atoms with Crippen LogP contribution in [0.3, 0.4) is 0 Å². The Morgan fingerprint density at radius 1 is 1.09 bits per heavy atom. The van der Waals surface area contributed by atoms with Gasteiger partial charge in [0.2, 0.25) is 0 Å². The number of nitrogens with two attached hydrogens (primary N) is 2. The first-order valence-electron chi connectivity index (χ1n) is 3.34. The van der Waals surface area contributed by atoms with Crippen molar-refractivity contribution in [3.05, 3.63) is 0 Å². The van der Waals surface area contributed by atoms with Gasteiger partial charge in [0.1, 0.15) is 6.04 Å². The Morgan fingerprint density at radius 3 is 1.55 bits per heavy atom. The first-order valence-corrected chi connectivity index (χ1v) is 3.34. The smallest absolute Gasteiger partial charge is 0.326 e. The highest BCUT2D eigenvalue weighted by atomic mass is 19.4. The van der Waals surface area contributed by atoms with Gasteiger partial charge in [0.05, 0.1) is 0 Å². The molecule has 0 spiro atoms. The van der Waals surface area contributed by atoms with Crippen LogP contribution in [-0.4, -0.2) is 18.3 Å². The van der Waals surface area contributed by atoms with Crippen molar-refractivity contribution in [2.75, 3.05) is 0 Å². The fraction of sp³-hybridized carbons (Fsp3) is 1.00. The van der Waals surface area contributed by atoms with E-state index in [1.165, 1.54) is 0 Å². The Labute approximate surface area is 63.7 Å². The zero-order valence-corrected chi connectivity index (χ0v) is 6.52. The van der Waals surface area contributed by atoms with E-state index >= 15 is 0 Å². The van der Waals surface area contributed by atoms with E-state index in [2.05, 4.69) is 0 Å². The first-order chi connectivity index (χ1) is 4.76. The van der Waals surface area contributed by atoms with E-state index in [1.54, 1.807) is 13.8 Å². The summed E-state index contributed by atoms with van der Waals surface area (Å²) in [5.74, 6) is -0.258. The van der Waals surface area contributed by atoms with E-state index in [9.17, 15) is 13.2 Å². The quantitative estimate of drug-likeness (QED) is 0.645. The molecule has 2 nitrogen and oxygen atoms in total. The lowest BCUT2D eigenvalue weighted by molar-refractivity contribution is -0.154. The highest BCUT2D eigenvalue weighted by Gasteiger charge is 2.41. The minimum atomic E-state index is -4.39. The van der Waals surface area contributed by atoms with Crippen LogP contribution in [0.2, 0.25) is 0 Å². The van der Waals surface area contributed by atoms with Gasteiger partial charge in [-0.3, -0.25) is 0 Å². The summed E-state index contributed by atoms with van der Waals surface area (Å²) in [6.45, 7) is 3.21. The molecule has 0 heterocycles. The molecule has 0 bridgehead atoms. The van der Waals surface area contributed by atoms with Gasteiger partial charge < -0.3 is 11.5 Å². The maximum absolute atomic E-state index is 11.9. The third-order valence-electron chi connectivity index (χ3n) is 1.56. The van der Waals surface area contributed by atoms with Crippen LogP contribution in [-0.2, 0) is 0 Å². The third kappa shape index (κ3) is 3.07. The van der Waals surface area contributed by atoms with Crippen LogP contribution in [0, 0.1) is 5.92 Å². The van der Waals surface area contributed by atoms with Gasteiger partial charge in [0, 0.05) is 6.04 Å². The van der Waals surface area contributed by atoms with Crippen LogP contribution < -0.4 is 11.5 Å². The number of rotatable bonds is 2. The maximum atomic E-state index is 11.9. The van der Waals surface area contributed by atoms with Gasteiger partial charge in [0.25, 0.3) is 0 Å². The summed E-state index contributed by atoms with van der Waals surface area (Å²) in [4.78, 5) is 0. The highest BCUT2D eigenvalue weighted by Crippen LogP contribution is 2.22. The lowest BCUT2D eigenvalue weighted by atomic mass is 9.98. The molecule has 68 valence electrons. The molecule has 11 heavy (non-hydrogen) atoms. The van der Waals surface area contributed by atoms with Gasteiger partial charge in [0.15, 0.2) is 0 Å². The predicted molar refractivity (Wildman–Crippen MR) is 36.8 cm³/mol. The Kier molecular flexibility index (Phi) is 3.31. The van der Waals surface area contributed by atoms with Crippen molar-refractivity contribution in [3.63, 3.8) is 0 Å². The molecular weight excluding hydrogens is 157 g/mol. The summed E-state index contributed by atoms with van der Waals surface area (Å²) in [5.41, 5.74) is 10.0. The molecule has 0 aliphatic rings. The molecule has 0 aromatic heterocycles. The topological polar surface area (TPSA) is 52.0 Å². The van der Waals surface area contributed by atoms with Crippen LogP contribution in [0.4, 0.5) is 13.2 Å². The zero-order chi connectivity index (χ0) is 9.23. The van der Waals surface area contributed by atoms with Crippen molar-refractivity contribution in [2.45, 2.75) is 32.1 Å². The Morgan fingerprint density at radius 2 is 1.45 bits per heavy atom. The van der Waals surface area contributed by atoms with Crippen LogP contribution >= 0.6 is 0 Å². The van der Waals surface area contributed by atoms with Crippen molar-refractivity contribution < 1.29 is 13.2 Å². The number of alkyl halides is 3. The van der Waals surface area contributed by atoms with Crippen molar-refractivity contribution in [3.8, 4) is 0 Å². The normalized spacial score (nSPS) is 18.5. The lowest BCUT2D eigenvalue weighted by Gasteiger charge is -2.24. The molecule has 0 amide bonds. The molecule has 0 aromatic rings. The Bertz CT molecular complexity index is 121. The number of halogens is 3. The van der Waals surface area contributed by atoms with Crippen molar-refractivity contribution >= 4 is 0 Å². The van der Waals surface area contributed by atoms with Crippen molar-refractivity contribution in [1.82, 2.24) is 0 Å². The standard InChI is InChI=1S/C6H13F3N2/c1-3(2)4(10)5(11)6(7,8)9/h3-5H,10-11H2,1-2H3/t4-,5-/m0/s1. The Hall–Kier alpha value is -0.290. The second kappa shape index (κ2) is 3.40. The first kappa shape index (κ1) is 10.7. The second-order valence-corrected chi connectivity index (χ2v) is 2.89. The summed E-state index contributed by atoms with van der Waals surface area (Å²) < 4.78 is 35.6. The molecule has 4 N–H and O–H groups in total. The maximum Gasteiger partial charge on any atom is 0.405 e. The van der Waals surface area contributed by atoms with Crippen LogP contribution in [0.25, 0.3) is 0 Å². The van der Waals surface area contributed by atoms with E-state index in [4.69, 9.17) is 11.5 Å². The fourth-order valence-corrected chi connectivity index (χ4v) is 0.633. The molecule has 0 aliphatic heterocycles. The third-order valence-corrected chi connectivity index (χ3v) is 1.56.